The topological polar surface area (TPSA) is 84.9 Å². The lowest BCUT2D eigenvalue weighted by Crippen LogP contribution is -2.31. The van der Waals surface area contributed by atoms with Gasteiger partial charge >= 0.3 is 16.2 Å². The van der Waals surface area contributed by atoms with Crippen LogP contribution in [0.25, 0.3) is 0 Å². The molecule has 8 heteroatoms. The molecule has 1 heterocycles. The van der Waals surface area contributed by atoms with E-state index in [-0.39, 0.29) is 29.4 Å². The van der Waals surface area contributed by atoms with Crippen LogP contribution in [0.5, 0.6) is 0 Å². The van der Waals surface area contributed by atoms with Crippen LogP contribution in [0.1, 0.15) is 18.1 Å². The number of benzene rings is 2. The van der Waals surface area contributed by atoms with Gasteiger partial charge in [0.25, 0.3) is 0 Å². The summed E-state index contributed by atoms with van der Waals surface area (Å²) in [4.78, 5) is 14.1. The van der Waals surface area contributed by atoms with Crippen molar-refractivity contribution >= 4 is 16.2 Å². The monoisotopic (exact) mass is 428 g/mol. The smallest absolute Gasteiger partial charge is 0.410 e. The summed E-state index contributed by atoms with van der Waals surface area (Å²) in [6.07, 6.45) is -0.325. The lowest BCUT2D eigenvalue weighted by Gasteiger charge is -2.18. The highest BCUT2D eigenvalue weighted by Crippen LogP contribution is 2.52. The summed E-state index contributed by atoms with van der Waals surface area (Å²) in [5, 5.41) is 0. The molecule has 2 aromatic carbocycles. The molecule has 1 saturated heterocycles. The van der Waals surface area contributed by atoms with Crippen LogP contribution in [0.3, 0.4) is 0 Å². The molecular formula is C22H24N2O5S. The van der Waals surface area contributed by atoms with Crippen molar-refractivity contribution in [2.45, 2.75) is 25.3 Å². The minimum atomic E-state index is -3.89. The molecule has 1 saturated carbocycles. The third-order valence-electron chi connectivity index (χ3n) is 5.52. The minimum absolute atomic E-state index is 0.0988. The van der Waals surface area contributed by atoms with Gasteiger partial charge in [-0.2, -0.15) is 8.42 Å². The lowest BCUT2D eigenvalue weighted by atomic mass is 10.2. The summed E-state index contributed by atoms with van der Waals surface area (Å²) < 4.78 is 35.0. The lowest BCUT2D eigenvalue weighted by molar-refractivity contribution is 0.102. The number of nitrogens with one attached hydrogen (secondary N) is 1. The number of likely N-dealkylation sites (tertiary alicyclic amines) is 1. The standard InChI is InChI=1S/C22H24N2O5S/c1-15-8-10-18(11-9-15)30(26,27)29-23-16(2)21-19-12-24(13-20(19)21)22(25)28-14-17-6-4-3-5-7-17/h3-11,19-20,23H,12-14H2,1-2H3/t19-,20+. The van der Waals surface area contributed by atoms with Gasteiger partial charge in [0.1, 0.15) is 6.61 Å². The summed E-state index contributed by atoms with van der Waals surface area (Å²) in [6, 6.07) is 16.0. The molecule has 2 atom stereocenters. The molecule has 0 radical (unpaired) electrons. The number of ether oxygens (including phenoxy) is 1. The second kappa shape index (κ2) is 8.12. The molecule has 30 heavy (non-hydrogen) atoms. The Hall–Kier alpha value is -2.84. The Morgan fingerprint density at radius 1 is 1.07 bits per heavy atom. The third kappa shape index (κ3) is 4.34. The molecule has 2 aliphatic rings. The van der Waals surface area contributed by atoms with Crippen LogP contribution < -0.4 is 5.48 Å². The summed E-state index contributed by atoms with van der Waals surface area (Å²) in [6.45, 7) is 5.06. The fourth-order valence-corrected chi connectivity index (χ4v) is 4.63. The van der Waals surface area contributed by atoms with E-state index in [1.54, 1.807) is 24.0 Å². The average Bonchev–Trinajstić information content (AvgIpc) is 3.24. The number of fused-ring (bicyclic) bond motifs is 1. The fourth-order valence-electron chi connectivity index (χ4n) is 3.82. The molecule has 0 spiro atoms. The van der Waals surface area contributed by atoms with Crippen molar-refractivity contribution in [3.63, 3.8) is 0 Å². The van der Waals surface area contributed by atoms with Crippen LogP contribution in [0.4, 0.5) is 4.79 Å². The molecule has 1 amide bonds. The maximum atomic E-state index is 12.3. The zero-order valence-electron chi connectivity index (χ0n) is 16.9. The van der Waals surface area contributed by atoms with Gasteiger partial charge in [0.05, 0.1) is 4.90 Å². The van der Waals surface area contributed by atoms with E-state index in [9.17, 15) is 13.2 Å². The quantitative estimate of drug-likeness (QED) is 0.710. The molecule has 158 valence electrons. The number of amides is 1. The van der Waals surface area contributed by atoms with Gasteiger partial charge < -0.3 is 9.64 Å². The number of carbonyl (C=O) groups is 1. The maximum absolute atomic E-state index is 12.3. The predicted octanol–water partition coefficient (Wildman–Crippen LogP) is 3.38. The Balaban J connectivity index is 1.28. The molecular weight excluding hydrogens is 404 g/mol. The number of nitrogens with zero attached hydrogens (tertiary/aromatic N) is 1. The van der Waals surface area contributed by atoms with Gasteiger partial charge in [0, 0.05) is 30.6 Å². The van der Waals surface area contributed by atoms with Crippen molar-refractivity contribution in [2.75, 3.05) is 13.1 Å². The van der Waals surface area contributed by atoms with E-state index in [0.717, 1.165) is 16.7 Å². The van der Waals surface area contributed by atoms with E-state index in [1.165, 1.54) is 12.1 Å². The van der Waals surface area contributed by atoms with Crippen molar-refractivity contribution in [3.8, 4) is 0 Å². The zero-order valence-corrected chi connectivity index (χ0v) is 17.7. The minimum Gasteiger partial charge on any atom is -0.445 e. The number of carbonyl (C=O) groups excluding carboxylic acids is 1. The normalized spacial score (nSPS) is 21.7. The van der Waals surface area contributed by atoms with Crippen LogP contribution in [-0.2, 0) is 25.7 Å². The Morgan fingerprint density at radius 2 is 1.70 bits per heavy atom. The number of hydroxylamine groups is 1. The van der Waals surface area contributed by atoms with Gasteiger partial charge in [0.2, 0.25) is 0 Å². The number of allylic oxidation sites excluding steroid dienone is 1. The number of piperidine rings is 1. The van der Waals surface area contributed by atoms with Gasteiger partial charge in [-0.3, -0.25) is 5.48 Å². The fraction of sp³-hybridized carbons (Fsp3) is 0.318. The number of rotatable bonds is 6. The Labute approximate surface area is 176 Å². The van der Waals surface area contributed by atoms with Crippen molar-refractivity contribution < 1.29 is 22.2 Å². The Bertz CT molecular complexity index is 1050. The molecule has 1 aliphatic carbocycles. The molecule has 0 bridgehead atoms. The van der Waals surface area contributed by atoms with E-state index in [2.05, 4.69) is 5.48 Å². The van der Waals surface area contributed by atoms with Crippen molar-refractivity contribution in [1.82, 2.24) is 10.4 Å². The summed E-state index contributed by atoms with van der Waals surface area (Å²) in [5.74, 6) is 0.430. The molecule has 2 aromatic rings. The van der Waals surface area contributed by atoms with Crippen LogP contribution in [-0.4, -0.2) is 32.5 Å². The maximum Gasteiger partial charge on any atom is 0.410 e. The van der Waals surface area contributed by atoms with Crippen LogP contribution >= 0.6 is 0 Å². The van der Waals surface area contributed by atoms with E-state index in [1.807, 2.05) is 37.3 Å². The SMILES string of the molecule is CC(NOS(=O)(=O)c1ccc(C)cc1)=C1[C@H]2CN(C(=O)OCc3ccccc3)C[C@@H]12. The van der Waals surface area contributed by atoms with Gasteiger partial charge in [-0.15, -0.1) is 4.28 Å². The van der Waals surface area contributed by atoms with E-state index < -0.39 is 10.1 Å². The van der Waals surface area contributed by atoms with Crippen LogP contribution in [0.15, 0.2) is 70.8 Å². The Kier molecular flexibility index (Phi) is 5.53. The average molecular weight is 429 g/mol. The van der Waals surface area contributed by atoms with Crippen molar-refractivity contribution in [2.24, 2.45) is 11.8 Å². The predicted molar refractivity (Wildman–Crippen MR) is 110 cm³/mol. The second-order valence-corrected chi connectivity index (χ2v) is 9.24. The van der Waals surface area contributed by atoms with Gasteiger partial charge in [-0.25, -0.2) is 4.79 Å². The first-order valence-electron chi connectivity index (χ1n) is 9.77. The highest BCUT2D eigenvalue weighted by atomic mass is 32.2. The third-order valence-corrected chi connectivity index (χ3v) is 6.67. The first-order chi connectivity index (χ1) is 14.3. The Morgan fingerprint density at radius 3 is 2.33 bits per heavy atom. The highest BCUT2D eigenvalue weighted by molar-refractivity contribution is 7.86. The van der Waals surface area contributed by atoms with Crippen molar-refractivity contribution in [3.05, 3.63) is 77.0 Å². The molecule has 2 fully saturated rings. The van der Waals surface area contributed by atoms with Crippen LogP contribution in [0, 0.1) is 18.8 Å². The van der Waals surface area contributed by atoms with Crippen LogP contribution in [0.2, 0.25) is 0 Å². The van der Waals surface area contributed by atoms with E-state index in [4.69, 9.17) is 9.02 Å². The van der Waals surface area contributed by atoms with Gasteiger partial charge in [-0.1, -0.05) is 48.0 Å². The molecule has 4 rings (SSSR count). The number of aryl methyl sites for hydroxylation is 1. The first-order valence-corrected chi connectivity index (χ1v) is 11.2. The van der Waals surface area contributed by atoms with E-state index in [0.29, 0.717) is 18.8 Å². The van der Waals surface area contributed by atoms with Crippen molar-refractivity contribution in [1.29, 1.82) is 0 Å². The second-order valence-electron chi connectivity index (χ2n) is 7.69. The molecule has 1 N–H and O–H groups in total. The molecule has 0 unspecified atom stereocenters. The van der Waals surface area contributed by atoms with Gasteiger partial charge in [-0.05, 0) is 37.1 Å². The molecule has 0 aromatic heterocycles. The molecule has 1 aliphatic heterocycles. The largest absolute Gasteiger partial charge is 0.445 e. The summed E-state index contributed by atoms with van der Waals surface area (Å²) in [5.41, 5.74) is 6.27. The summed E-state index contributed by atoms with van der Waals surface area (Å²) >= 11 is 0. The van der Waals surface area contributed by atoms with E-state index >= 15 is 0 Å². The first kappa shape index (κ1) is 20.4. The number of hydrogen-bond donors (Lipinski definition) is 1. The summed E-state index contributed by atoms with van der Waals surface area (Å²) in [7, 11) is -3.89. The zero-order chi connectivity index (χ0) is 21.3. The highest BCUT2D eigenvalue weighted by Gasteiger charge is 2.53. The molecule has 7 nitrogen and oxygen atoms in total. The van der Waals surface area contributed by atoms with Gasteiger partial charge in [0.15, 0.2) is 0 Å². The number of hydrogen-bond acceptors (Lipinski definition) is 6.